The molecule has 0 aliphatic rings. The Labute approximate surface area is 159 Å². The lowest BCUT2D eigenvalue weighted by Gasteiger charge is -2.07. The van der Waals surface area contributed by atoms with Crippen molar-refractivity contribution in [2.24, 2.45) is 0 Å². The molecular weight excluding hydrogens is 384 g/mol. The second kappa shape index (κ2) is 6.86. The summed E-state index contributed by atoms with van der Waals surface area (Å²) in [5.74, 6) is 0.685. The molecule has 0 amide bonds. The molecular formula is C18H14N4O3S2. The Morgan fingerprint density at radius 1 is 1.00 bits per heavy atom. The molecule has 2 aromatic heterocycles. The predicted molar refractivity (Wildman–Crippen MR) is 105 cm³/mol. The van der Waals surface area contributed by atoms with Crippen LogP contribution in [0.2, 0.25) is 0 Å². The fourth-order valence-electron chi connectivity index (χ4n) is 2.43. The number of benzene rings is 2. The highest BCUT2D eigenvalue weighted by Crippen LogP contribution is 2.35. The number of thiophene rings is 1. The fraction of sp³-hybridized carbons (Fsp3) is 0. The first-order chi connectivity index (χ1) is 13.0. The summed E-state index contributed by atoms with van der Waals surface area (Å²) in [4.78, 5) is 5.04. The van der Waals surface area contributed by atoms with Crippen LogP contribution >= 0.6 is 11.3 Å². The molecule has 3 N–H and O–H groups in total. The van der Waals surface area contributed by atoms with E-state index in [2.05, 4.69) is 14.9 Å². The van der Waals surface area contributed by atoms with Gasteiger partial charge in [0.2, 0.25) is 5.82 Å². The number of sulfonamides is 1. The molecule has 0 atom stereocenters. The van der Waals surface area contributed by atoms with Crippen molar-refractivity contribution in [3.8, 4) is 22.2 Å². The summed E-state index contributed by atoms with van der Waals surface area (Å²) >= 11 is 1.31. The molecule has 7 nitrogen and oxygen atoms in total. The Kier molecular flexibility index (Phi) is 4.38. The molecule has 2 heterocycles. The highest BCUT2D eigenvalue weighted by atomic mass is 32.2. The van der Waals surface area contributed by atoms with Crippen molar-refractivity contribution in [2.75, 3.05) is 10.5 Å². The van der Waals surface area contributed by atoms with Crippen LogP contribution in [-0.4, -0.2) is 18.6 Å². The lowest BCUT2D eigenvalue weighted by Crippen LogP contribution is -2.12. The molecule has 2 aromatic carbocycles. The van der Waals surface area contributed by atoms with E-state index in [4.69, 9.17) is 10.3 Å². The number of anilines is 2. The van der Waals surface area contributed by atoms with Gasteiger partial charge in [0.1, 0.15) is 4.88 Å². The van der Waals surface area contributed by atoms with E-state index in [0.29, 0.717) is 22.1 Å². The molecule has 9 heteroatoms. The van der Waals surface area contributed by atoms with Gasteiger partial charge in [-0.1, -0.05) is 35.5 Å². The minimum Gasteiger partial charge on any atom is -0.399 e. The molecule has 0 saturated carbocycles. The van der Waals surface area contributed by atoms with Crippen LogP contribution in [0.5, 0.6) is 0 Å². The maximum absolute atomic E-state index is 12.6. The minimum atomic E-state index is -3.76. The van der Waals surface area contributed by atoms with E-state index >= 15 is 0 Å². The van der Waals surface area contributed by atoms with E-state index in [0.717, 1.165) is 5.56 Å². The molecule has 0 aliphatic carbocycles. The largest absolute Gasteiger partial charge is 0.399 e. The molecule has 0 spiro atoms. The topological polar surface area (TPSA) is 111 Å². The van der Waals surface area contributed by atoms with Crippen LogP contribution in [0.4, 0.5) is 11.4 Å². The van der Waals surface area contributed by atoms with E-state index < -0.39 is 10.0 Å². The highest BCUT2D eigenvalue weighted by Gasteiger charge is 2.20. The number of nitrogens with two attached hydrogens (primary N) is 1. The highest BCUT2D eigenvalue weighted by molar-refractivity contribution is 7.92. The maximum Gasteiger partial charge on any atom is 0.270 e. The average molecular weight is 398 g/mol. The number of nitrogen functional groups attached to an aromatic ring is 1. The molecule has 4 aromatic rings. The first kappa shape index (κ1) is 17.3. The van der Waals surface area contributed by atoms with Crippen LogP contribution in [0, 0.1) is 0 Å². The van der Waals surface area contributed by atoms with E-state index in [1.165, 1.54) is 35.6 Å². The van der Waals surface area contributed by atoms with Crippen molar-refractivity contribution in [1.29, 1.82) is 0 Å². The second-order valence-corrected chi connectivity index (χ2v) is 8.23. The zero-order valence-electron chi connectivity index (χ0n) is 13.9. The fourth-order valence-corrected chi connectivity index (χ4v) is 4.33. The lowest BCUT2D eigenvalue weighted by atomic mass is 10.2. The van der Waals surface area contributed by atoms with Gasteiger partial charge in [-0.2, -0.15) is 4.98 Å². The third-order valence-electron chi connectivity index (χ3n) is 3.75. The molecule has 4 rings (SSSR count). The molecule has 27 heavy (non-hydrogen) atoms. The summed E-state index contributed by atoms with van der Waals surface area (Å²) in [6.45, 7) is 0. The number of hydrogen-bond donors (Lipinski definition) is 2. The van der Waals surface area contributed by atoms with Gasteiger partial charge in [0.15, 0.2) is 0 Å². The van der Waals surface area contributed by atoms with Gasteiger partial charge in [0.25, 0.3) is 15.9 Å². The number of nitrogens with zero attached hydrogens (tertiary/aromatic N) is 2. The second-order valence-electron chi connectivity index (χ2n) is 5.63. The van der Waals surface area contributed by atoms with Crippen LogP contribution in [0.3, 0.4) is 0 Å². The lowest BCUT2D eigenvalue weighted by molar-refractivity contribution is 0.433. The van der Waals surface area contributed by atoms with Gasteiger partial charge in [-0.15, -0.1) is 11.3 Å². The predicted octanol–water partition coefficient (Wildman–Crippen LogP) is 3.85. The van der Waals surface area contributed by atoms with Crippen LogP contribution in [0.1, 0.15) is 0 Å². The van der Waals surface area contributed by atoms with Crippen LogP contribution in [-0.2, 0) is 10.0 Å². The smallest absolute Gasteiger partial charge is 0.270 e. The van der Waals surface area contributed by atoms with Gasteiger partial charge in [0.05, 0.1) is 10.6 Å². The van der Waals surface area contributed by atoms with Crippen molar-refractivity contribution in [3.63, 3.8) is 0 Å². The first-order valence-corrected chi connectivity index (χ1v) is 10.2. The van der Waals surface area contributed by atoms with Gasteiger partial charge in [-0.3, -0.25) is 4.72 Å². The summed E-state index contributed by atoms with van der Waals surface area (Å²) in [5.41, 5.74) is 7.29. The summed E-state index contributed by atoms with van der Waals surface area (Å²) < 4.78 is 33.1. The van der Waals surface area contributed by atoms with Gasteiger partial charge in [-0.25, -0.2) is 8.42 Å². The number of aromatic nitrogens is 2. The molecule has 0 radical (unpaired) electrons. The third kappa shape index (κ3) is 3.55. The van der Waals surface area contributed by atoms with Crippen molar-refractivity contribution in [3.05, 3.63) is 66.0 Å². The minimum absolute atomic E-state index is 0.115. The Balaban J connectivity index is 1.64. The van der Waals surface area contributed by atoms with E-state index in [-0.39, 0.29) is 10.8 Å². The quantitative estimate of drug-likeness (QED) is 0.494. The summed E-state index contributed by atoms with van der Waals surface area (Å²) in [7, 11) is -3.76. The first-order valence-electron chi connectivity index (χ1n) is 7.88. The van der Waals surface area contributed by atoms with E-state index in [1.54, 1.807) is 11.4 Å². The summed E-state index contributed by atoms with van der Waals surface area (Å²) in [5, 5.41) is 5.73. The number of hydrogen-bond acceptors (Lipinski definition) is 7. The Morgan fingerprint density at radius 3 is 2.48 bits per heavy atom. The molecule has 0 fully saturated rings. The molecule has 0 aliphatic heterocycles. The summed E-state index contributed by atoms with van der Waals surface area (Å²) in [6.07, 6.45) is 0. The monoisotopic (exact) mass is 398 g/mol. The van der Waals surface area contributed by atoms with Crippen molar-refractivity contribution >= 4 is 32.7 Å². The molecule has 0 saturated heterocycles. The van der Waals surface area contributed by atoms with Gasteiger partial charge >= 0.3 is 0 Å². The summed E-state index contributed by atoms with van der Waals surface area (Å²) in [6, 6.07) is 17.0. The standard InChI is InChI=1S/C18H14N4O3S2/c19-13-6-8-14(9-7-13)27(23,24)22-15-10-11-26-16(15)18-20-17(21-25-18)12-4-2-1-3-5-12/h1-11,22H,19H2. The Hall–Kier alpha value is -3.17. The number of rotatable bonds is 5. The Morgan fingerprint density at radius 2 is 1.74 bits per heavy atom. The van der Waals surface area contributed by atoms with Crippen molar-refractivity contribution in [2.45, 2.75) is 4.90 Å². The van der Waals surface area contributed by atoms with Gasteiger partial charge in [-0.05, 0) is 35.7 Å². The molecule has 0 bridgehead atoms. The van der Waals surface area contributed by atoms with E-state index in [1.807, 2.05) is 30.3 Å². The zero-order chi connectivity index (χ0) is 18.9. The van der Waals surface area contributed by atoms with Crippen molar-refractivity contribution in [1.82, 2.24) is 10.1 Å². The maximum atomic E-state index is 12.6. The molecule has 136 valence electrons. The van der Waals surface area contributed by atoms with Crippen LogP contribution in [0.25, 0.3) is 22.2 Å². The van der Waals surface area contributed by atoms with Crippen LogP contribution in [0.15, 0.2) is 75.5 Å². The number of nitrogens with one attached hydrogen (secondary N) is 1. The average Bonchev–Trinajstić information content (AvgIpc) is 3.31. The van der Waals surface area contributed by atoms with Gasteiger partial charge < -0.3 is 10.3 Å². The third-order valence-corrected chi connectivity index (χ3v) is 6.04. The van der Waals surface area contributed by atoms with Gasteiger partial charge in [0, 0.05) is 11.3 Å². The molecule has 0 unspecified atom stereocenters. The zero-order valence-corrected chi connectivity index (χ0v) is 15.5. The van der Waals surface area contributed by atoms with Crippen LogP contribution < -0.4 is 10.5 Å². The van der Waals surface area contributed by atoms with E-state index in [9.17, 15) is 8.42 Å². The SMILES string of the molecule is Nc1ccc(S(=O)(=O)Nc2ccsc2-c2nc(-c3ccccc3)no2)cc1. The van der Waals surface area contributed by atoms with Crippen molar-refractivity contribution < 1.29 is 12.9 Å². The Bertz CT molecular complexity index is 1170. The normalized spacial score (nSPS) is 11.4.